The number of unbranched alkanes of at least 4 members (excludes halogenated alkanes) is 2. The predicted octanol–water partition coefficient (Wildman–Crippen LogP) is 1.15. The van der Waals surface area contributed by atoms with Crippen molar-refractivity contribution in [3.05, 3.63) is 0 Å². The van der Waals surface area contributed by atoms with Crippen LogP contribution in [0.5, 0.6) is 0 Å². The molecular formula is C8H20N+. The van der Waals surface area contributed by atoms with Gasteiger partial charge in [0.25, 0.3) is 0 Å². The fourth-order valence-corrected chi connectivity index (χ4v) is 0.887. The molecule has 9 heavy (non-hydrogen) atoms. The lowest BCUT2D eigenvalue weighted by Gasteiger charge is -1.96. The zero-order valence-corrected chi connectivity index (χ0v) is 6.82. The molecule has 0 saturated carbocycles. The van der Waals surface area contributed by atoms with Gasteiger partial charge in [0.05, 0.1) is 13.1 Å². The molecule has 0 rings (SSSR count). The fraction of sp³-hybridized carbons (Fsp3) is 1.00. The Bertz CT molecular complexity index is 37.8. The first kappa shape index (κ1) is 8.96. The van der Waals surface area contributed by atoms with E-state index in [0.717, 1.165) is 0 Å². The Morgan fingerprint density at radius 3 is 2.22 bits per heavy atom. The van der Waals surface area contributed by atoms with E-state index >= 15 is 0 Å². The van der Waals surface area contributed by atoms with Crippen molar-refractivity contribution < 1.29 is 5.32 Å². The second kappa shape index (κ2) is 7.96. The summed E-state index contributed by atoms with van der Waals surface area (Å²) in [6, 6.07) is 0. The summed E-state index contributed by atoms with van der Waals surface area (Å²) in [7, 11) is 0. The van der Waals surface area contributed by atoms with Crippen LogP contribution in [-0.2, 0) is 0 Å². The lowest BCUT2D eigenvalue weighted by atomic mass is 10.2. The molecule has 0 heterocycles. The third-order valence-corrected chi connectivity index (χ3v) is 1.50. The molecule has 2 N–H and O–H groups in total. The standard InChI is InChI=1S/C8H19N/c1-3-5-6-8-9-7-4-2/h9H,3-8H2,1-2H3/p+1. The molecular weight excluding hydrogens is 110 g/mol. The Morgan fingerprint density at radius 1 is 0.889 bits per heavy atom. The number of hydrogen-bond donors (Lipinski definition) is 1. The predicted molar refractivity (Wildman–Crippen MR) is 41.5 cm³/mol. The van der Waals surface area contributed by atoms with Crippen LogP contribution in [0.1, 0.15) is 39.5 Å². The molecule has 0 aromatic rings. The van der Waals surface area contributed by atoms with Gasteiger partial charge in [-0.1, -0.05) is 20.3 Å². The van der Waals surface area contributed by atoms with Crippen molar-refractivity contribution in [1.29, 1.82) is 0 Å². The summed E-state index contributed by atoms with van der Waals surface area (Å²) < 4.78 is 0. The molecule has 1 heteroatoms. The van der Waals surface area contributed by atoms with E-state index in [2.05, 4.69) is 19.2 Å². The second-order valence-electron chi connectivity index (χ2n) is 2.57. The minimum Gasteiger partial charge on any atom is -0.346 e. The molecule has 0 unspecified atom stereocenters. The molecule has 56 valence electrons. The van der Waals surface area contributed by atoms with Crippen LogP contribution in [0.2, 0.25) is 0 Å². The van der Waals surface area contributed by atoms with Gasteiger partial charge >= 0.3 is 0 Å². The number of rotatable bonds is 6. The van der Waals surface area contributed by atoms with Gasteiger partial charge < -0.3 is 5.32 Å². The Balaban J connectivity index is 2.60. The molecule has 0 radical (unpaired) electrons. The van der Waals surface area contributed by atoms with Crippen molar-refractivity contribution in [2.45, 2.75) is 39.5 Å². The van der Waals surface area contributed by atoms with Crippen molar-refractivity contribution in [1.82, 2.24) is 0 Å². The van der Waals surface area contributed by atoms with E-state index in [1.54, 1.807) is 0 Å². The van der Waals surface area contributed by atoms with Gasteiger partial charge in [-0.2, -0.15) is 0 Å². The molecule has 0 spiro atoms. The van der Waals surface area contributed by atoms with Gasteiger partial charge in [0.2, 0.25) is 0 Å². The molecule has 0 saturated heterocycles. The highest BCUT2D eigenvalue weighted by atomic mass is 14.8. The van der Waals surface area contributed by atoms with Gasteiger partial charge in [-0.25, -0.2) is 0 Å². The zero-order chi connectivity index (χ0) is 6.95. The topological polar surface area (TPSA) is 16.6 Å². The zero-order valence-electron chi connectivity index (χ0n) is 6.82. The molecule has 0 aliphatic carbocycles. The second-order valence-corrected chi connectivity index (χ2v) is 2.57. The lowest BCUT2D eigenvalue weighted by Crippen LogP contribution is -2.84. The normalized spacial score (nSPS) is 10.0. The molecule has 0 aromatic carbocycles. The first-order valence-corrected chi connectivity index (χ1v) is 4.23. The maximum atomic E-state index is 2.41. The summed E-state index contributed by atoms with van der Waals surface area (Å²) in [5.74, 6) is 0. The van der Waals surface area contributed by atoms with Gasteiger partial charge in [0.15, 0.2) is 0 Å². The van der Waals surface area contributed by atoms with E-state index in [4.69, 9.17) is 0 Å². The van der Waals surface area contributed by atoms with Gasteiger partial charge in [0.1, 0.15) is 0 Å². The molecule has 0 aliphatic heterocycles. The van der Waals surface area contributed by atoms with E-state index in [1.807, 2.05) is 0 Å². The summed E-state index contributed by atoms with van der Waals surface area (Å²) in [5.41, 5.74) is 0. The first-order valence-electron chi connectivity index (χ1n) is 4.23. The largest absolute Gasteiger partial charge is 0.346 e. The van der Waals surface area contributed by atoms with Crippen LogP contribution in [0.15, 0.2) is 0 Å². The minimum atomic E-state index is 1.31. The van der Waals surface area contributed by atoms with E-state index < -0.39 is 0 Å². The molecule has 1 nitrogen and oxygen atoms in total. The Hall–Kier alpha value is -0.0400. The maximum Gasteiger partial charge on any atom is 0.0755 e. The van der Waals surface area contributed by atoms with Crippen molar-refractivity contribution in [2.75, 3.05) is 13.1 Å². The minimum absolute atomic E-state index is 1.31. The van der Waals surface area contributed by atoms with Crippen molar-refractivity contribution in [3.63, 3.8) is 0 Å². The third kappa shape index (κ3) is 7.96. The van der Waals surface area contributed by atoms with Crippen LogP contribution in [0.3, 0.4) is 0 Å². The number of nitrogens with two attached hydrogens (primary N) is 1. The number of hydrogen-bond acceptors (Lipinski definition) is 0. The highest BCUT2D eigenvalue weighted by Gasteiger charge is 1.86. The van der Waals surface area contributed by atoms with Crippen molar-refractivity contribution >= 4 is 0 Å². The SMILES string of the molecule is CCCCC[NH2+]CCC. The summed E-state index contributed by atoms with van der Waals surface area (Å²) in [6.07, 6.45) is 5.46. The Kier molecular flexibility index (Phi) is 7.92. The summed E-state index contributed by atoms with van der Waals surface area (Å²) in [5, 5.41) is 2.41. The van der Waals surface area contributed by atoms with Crippen molar-refractivity contribution in [2.24, 2.45) is 0 Å². The van der Waals surface area contributed by atoms with Crippen molar-refractivity contribution in [3.8, 4) is 0 Å². The highest BCUT2D eigenvalue weighted by molar-refractivity contribution is 4.31. The van der Waals surface area contributed by atoms with E-state index in [9.17, 15) is 0 Å². The van der Waals surface area contributed by atoms with Gasteiger partial charge in [-0.3, -0.25) is 0 Å². The van der Waals surface area contributed by atoms with E-state index in [0.29, 0.717) is 0 Å². The van der Waals surface area contributed by atoms with E-state index in [-0.39, 0.29) is 0 Å². The summed E-state index contributed by atoms with van der Waals surface area (Å²) in [6.45, 7) is 7.13. The van der Waals surface area contributed by atoms with Crippen LogP contribution in [0.25, 0.3) is 0 Å². The lowest BCUT2D eigenvalue weighted by molar-refractivity contribution is -0.655. The molecule has 0 atom stereocenters. The fourth-order valence-electron chi connectivity index (χ4n) is 0.887. The first-order chi connectivity index (χ1) is 4.41. The Labute approximate surface area is 58.8 Å². The molecule has 0 bridgehead atoms. The molecule has 0 fully saturated rings. The highest BCUT2D eigenvalue weighted by Crippen LogP contribution is 1.88. The Morgan fingerprint density at radius 2 is 1.67 bits per heavy atom. The van der Waals surface area contributed by atoms with Crippen LogP contribution < -0.4 is 5.32 Å². The maximum absolute atomic E-state index is 2.41. The van der Waals surface area contributed by atoms with Crippen LogP contribution in [0.4, 0.5) is 0 Å². The van der Waals surface area contributed by atoms with Gasteiger partial charge in [-0.05, 0) is 19.3 Å². The van der Waals surface area contributed by atoms with Crippen LogP contribution >= 0.6 is 0 Å². The average Bonchev–Trinajstić information content (AvgIpc) is 1.89. The third-order valence-electron chi connectivity index (χ3n) is 1.50. The monoisotopic (exact) mass is 130 g/mol. The summed E-state index contributed by atoms with van der Waals surface area (Å²) in [4.78, 5) is 0. The smallest absolute Gasteiger partial charge is 0.0755 e. The average molecular weight is 130 g/mol. The molecule has 0 aliphatic rings. The summed E-state index contributed by atoms with van der Waals surface area (Å²) >= 11 is 0. The van der Waals surface area contributed by atoms with Crippen LogP contribution in [0, 0.1) is 0 Å². The van der Waals surface area contributed by atoms with Gasteiger partial charge in [-0.15, -0.1) is 0 Å². The molecule has 0 amide bonds. The van der Waals surface area contributed by atoms with Gasteiger partial charge in [0, 0.05) is 0 Å². The molecule has 0 aromatic heterocycles. The quantitative estimate of drug-likeness (QED) is 0.519. The number of quaternary nitrogens is 1. The van der Waals surface area contributed by atoms with E-state index in [1.165, 1.54) is 38.8 Å². The van der Waals surface area contributed by atoms with Crippen LogP contribution in [-0.4, -0.2) is 13.1 Å².